The van der Waals surface area contributed by atoms with Gasteiger partial charge in [-0.1, -0.05) is 37.2 Å². The van der Waals surface area contributed by atoms with Gasteiger partial charge in [-0.25, -0.2) is 8.78 Å². The number of aryl methyl sites for hydroxylation is 2. The fraction of sp³-hybridized carbons (Fsp3) is 0.379. The van der Waals surface area contributed by atoms with E-state index in [-0.39, 0.29) is 28.5 Å². The van der Waals surface area contributed by atoms with Crippen LogP contribution in [0.1, 0.15) is 53.5 Å². The Labute approximate surface area is 224 Å². The zero-order chi connectivity index (χ0) is 28.2. The topological polar surface area (TPSA) is 113 Å². The molecule has 0 radical (unpaired) electrons. The van der Waals surface area contributed by atoms with Gasteiger partial charge in [0.1, 0.15) is 12.3 Å². The normalized spacial score (nSPS) is 21.8. The summed E-state index contributed by atoms with van der Waals surface area (Å²) in [5.74, 6) is -4.93. The van der Waals surface area contributed by atoms with Gasteiger partial charge in [-0.15, -0.1) is 0 Å². The lowest BCUT2D eigenvalue weighted by atomic mass is 9.92. The number of benzene rings is 2. The highest BCUT2D eigenvalue weighted by atomic mass is 19.2. The fourth-order valence-electron chi connectivity index (χ4n) is 6.21. The van der Waals surface area contributed by atoms with Crippen molar-refractivity contribution in [2.24, 2.45) is 17.3 Å². The van der Waals surface area contributed by atoms with Gasteiger partial charge in [0.05, 0.1) is 12.5 Å². The number of nitrogens with one attached hydrogen (secondary N) is 1. The third-order valence-corrected chi connectivity index (χ3v) is 8.29. The second-order valence-electron chi connectivity index (χ2n) is 11.0. The third-order valence-electron chi connectivity index (χ3n) is 8.29. The molecule has 10 heteroatoms. The average molecular weight is 538 g/mol. The van der Waals surface area contributed by atoms with Gasteiger partial charge in [-0.2, -0.15) is 0 Å². The molecule has 1 aromatic heterocycles. The maximum absolute atomic E-state index is 15.2. The molecule has 0 spiro atoms. The van der Waals surface area contributed by atoms with Crippen molar-refractivity contribution < 1.29 is 32.8 Å². The second kappa shape index (κ2) is 9.59. The number of halogens is 2. The van der Waals surface area contributed by atoms with E-state index >= 15 is 4.39 Å². The van der Waals surface area contributed by atoms with Crippen LogP contribution < -0.4 is 5.32 Å². The van der Waals surface area contributed by atoms with Crippen LogP contribution in [0.4, 0.5) is 8.78 Å². The van der Waals surface area contributed by atoms with Crippen LogP contribution in [0.3, 0.4) is 0 Å². The first kappa shape index (κ1) is 26.5. The summed E-state index contributed by atoms with van der Waals surface area (Å²) in [5, 5.41) is 15.9. The zero-order valence-electron chi connectivity index (χ0n) is 22.0. The molecule has 4 atom stereocenters. The number of carbonyl (C=O) groups is 3. The highest BCUT2D eigenvalue weighted by molar-refractivity contribution is 5.97. The summed E-state index contributed by atoms with van der Waals surface area (Å²) in [6, 6.07) is 7.08. The molecule has 2 fully saturated rings. The molecule has 204 valence electrons. The lowest BCUT2D eigenvalue weighted by Crippen LogP contribution is -2.50. The molecule has 3 aromatic rings. The Balaban J connectivity index is 1.51. The van der Waals surface area contributed by atoms with E-state index in [0.717, 1.165) is 17.2 Å². The molecule has 2 aromatic carbocycles. The van der Waals surface area contributed by atoms with Crippen molar-refractivity contribution in [1.82, 2.24) is 15.4 Å². The molecule has 0 bridgehead atoms. The summed E-state index contributed by atoms with van der Waals surface area (Å²) in [5.41, 5.74) is 2.29. The zero-order valence-corrected chi connectivity index (χ0v) is 22.0. The van der Waals surface area contributed by atoms with Crippen LogP contribution in [0.25, 0.3) is 11.1 Å². The van der Waals surface area contributed by atoms with Crippen molar-refractivity contribution in [3.8, 4) is 11.1 Å². The highest BCUT2D eigenvalue weighted by Crippen LogP contribution is 2.65. The van der Waals surface area contributed by atoms with Gasteiger partial charge in [0.15, 0.2) is 17.3 Å². The quantitative estimate of drug-likeness (QED) is 0.453. The number of carbonyl (C=O) groups excluding carboxylic acids is 2. The number of nitrogens with zero attached hydrogens (tertiary/aromatic N) is 2. The summed E-state index contributed by atoms with van der Waals surface area (Å²) in [4.78, 5) is 40.0. The SMILES string of the molecule is Cc1cccc(C)c1-c1cc(F)c(F)c([C@H](CC(=O)O)NC(=O)[C@@H]2[C@@H]3C(CN2C(=O)c2ccon2)C3(C)C)c1. The van der Waals surface area contributed by atoms with E-state index in [1.54, 1.807) is 0 Å². The van der Waals surface area contributed by atoms with E-state index < -0.39 is 47.9 Å². The third kappa shape index (κ3) is 4.57. The van der Waals surface area contributed by atoms with Crippen LogP contribution in [0.5, 0.6) is 0 Å². The molecule has 5 rings (SSSR count). The standard InChI is InChI=1S/C29H29F2N3O5/c1-14-6-5-7-15(2)23(14)16-10-17(25(31)19(30)11-16)21(12-22(35)36)32-27(37)26-24-18(29(24,3)4)13-34(26)28(38)20-8-9-39-33-20/h5-11,18,21,24,26H,12-13H2,1-4H3,(H,32,37)(H,35,36)/t18?,21-,24-,26-/m0/s1. The molecule has 1 saturated heterocycles. The van der Waals surface area contributed by atoms with E-state index in [4.69, 9.17) is 4.52 Å². The molecule has 1 aliphatic carbocycles. The number of fused-ring (bicyclic) bond motifs is 1. The Morgan fingerprint density at radius 2 is 1.87 bits per heavy atom. The van der Waals surface area contributed by atoms with Crippen molar-refractivity contribution in [3.05, 3.63) is 76.7 Å². The molecule has 2 aliphatic rings. The van der Waals surface area contributed by atoms with E-state index in [1.807, 2.05) is 45.9 Å². The number of carboxylic acid groups (broad SMARTS) is 1. The smallest absolute Gasteiger partial charge is 0.305 e. The van der Waals surface area contributed by atoms with E-state index in [9.17, 15) is 23.9 Å². The van der Waals surface area contributed by atoms with Crippen LogP contribution >= 0.6 is 0 Å². The first-order valence-electron chi connectivity index (χ1n) is 12.7. The van der Waals surface area contributed by atoms with Gasteiger partial charge < -0.3 is 19.8 Å². The maximum Gasteiger partial charge on any atom is 0.305 e. The van der Waals surface area contributed by atoms with E-state index in [0.29, 0.717) is 17.7 Å². The van der Waals surface area contributed by atoms with Crippen LogP contribution in [-0.2, 0) is 9.59 Å². The van der Waals surface area contributed by atoms with Gasteiger partial charge >= 0.3 is 5.97 Å². The molecule has 8 nitrogen and oxygen atoms in total. The minimum Gasteiger partial charge on any atom is -0.481 e. The number of amides is 2. The molecule has 39 heavy (non-hydrogen) atoms. The molecular weight excluding hydrogens is 508 g/mol. The van der Waals surface area contributed by atoms with Crippen LogP contribution in [-0.4, -0.2) is 45.5 Å². The maximum atomic E-state index is 15.2. The van der Waals surface area contributed by atoms with Crippen molar-refractivity contribution in [1.29, 1.82) is 0 Å². The fourth-order valence-corrected chi connectivity index (χ4v) is 6.21. The number of hydrogen-bond acceptors (Lipinski definition) is 5. The van der Waals surface area contributed by atoms with Gasteiger partial charge in [0, 0.05) is 18.2 Å². The minimum absolute atomic E-state index is 0.0448. The predicted octanol–water partition coefficient (Wildman–Crippen LogP) is 4.67. The summed E-state index contributed by atoms with van der Waals surface area (Å²) < 4.78 is 34.9. The van der Waals surface area contributed by atoms with Crippen molar-refractivity contribution in [3.63, 3.8) is 0 Å². The number of rotatable bonds is 7. The van der Waals surface area contributed by atoms with Crippen LogP contribution in [0.2, 0.25) is 0 Å². The molecule has 2 amide bonds. The minimum atomic E-state index is -1.38. The number of carboxylic acids is 1. The molecule has 2 heterocycles. The molecule has 1 saturated carbocycles. The molecule has 1 unspecified atom stereocenters. The molecule has 2 N–H and O–H groups in total. The first-order valence-corrected chi connectivity index (χ1v) is 12.7. The van der Waals surface area contributed by atoms with E-state index in [1.165, 1.54) is 23.3 Å². The Morgan fingerprint density at radius 3 is 2.49 bits per heavy atom. The van der Waals surface area contributed by atoms with E-state index in [2.05, 4.69) is 10.5 Å². The first-order chi connectivity index (χ1) is 18.4. The molecular formula is C29H29F2N3O5. The number of piperidine rings is 1. The van der Waals surface area contributed by atoms with Gasteiger partial charge in [-0.3, -0.25) is 14.4 Å². The Hall–Kier alpha value is -4.08. The average Bonchev–Trinajstić information content (AvgIpc) is 3.32. The van der Waals surface area contributed by atoms with Crippen molar-refractivity contribution in [2.75, 3.05) is 6.54 Å². The Morgan fingerprint density at radius 1 is 1.18 bits per heavy atom. The summed E-state index contributed by atoms with van der Waals surface area (Å²) in [6.07, 6.45) is 0.576. The number of aliphatic carboxylic acids is 1. The monoisotopic (exact) mass is 537 g/mol. The Kier molecular flexibility index (Phi) is 6.52. The lowest BCUT2D eigenvalue weighted by molar-refractivity contribution is -0.138. The van der Waals surface area contributed by atoms with Crippen LogP contribution in [0, 0.1) is 42.7 Å². The number of aromatic nitrogens is 1. The van der Waals surface area contributed by atoms with Gasteiger partial charge in [0.25, 0.3) is 5.91 Å². The second-order valence-corrected chi connectivity index (χ2v) is 11.0. The van der Waals surface area contributed by atoms with Crippen LogP contribution in [0.15, 0.2) is 47.2 Å². The van der Waals surface area contributed by atoms with Crippen molar-refractivity contribution >= 4 is 17.8 Å². The summed E-state index contributed by atoms with van der Waals surface area (Å²) >= 11 is 0. The molecule has 1 aliphatic heterocycles. The number of hydrogen-bond donors (Lipinski definition) is 2. The lowest BCUT2D eigenvalue weighted by Gasteiger charge is -2.31. The van der Waals surface area contributed by atoms with Crippen molar-refractivity contribution in [2.45, 2.75) is 46.2 Å². The summed E-state index contributed by atoms with van der Waals surface area (Å²) in [6.45, 7) is 8.00. The van der Waals surface area contributed by atoms with Gasteiger partial charge in [0.2, 0.25) is 5.91 Å². The predicted molar refractivity (Wildman–Crippen MR) is 136 cm³/mol. The largest absolute Gasteiger partial charge is 0.481 e. The highest BCUT2D eigenvalue weighted by Gasteiger charge is 2.69. The Bertz CT molecular complexity index is 1450. The summed E-state index contributed by atoms with van der Waals surface area (Å²) in [7, 11) is 0. The van der Waals surface area contributed by atoms with Gasteiger partial charge in [-0.05, 0) is 65.5 Å². The number of likely N-dealkylation sites (tertiary alicyclic amines) is 1.